The normalized spacial score (nSPS) is 11.0. The summed E-state index contributed by atoms with van der Waals surface area (Å²) in [6, 6.07) is 52.1. The molecule has 2 nitrogen and oxygen atoms in total. The summed E-state index contributed by atoms with van der Waals surface area (Å²) in [5.74, 6) is 0. The summed E-state index contributed by atoms with van der Waals surface area (Å²) in [5.41, 5.74) is 16.0. The van der Waals surface area contributed by atoms with E-state index < -0.39 is 0 Å². The van der Waals surface area contributed by atoms with Crippen molar-refractivity contribution in [2.45, 2.75) is 13.8 Å². The summed E-state index contributed by atoms with van der Waals surface area (Å²) >= 11 is 0. The minimum Gasteiger partial charge on any atom is -0.256 e. The lowest BCUT2D eigenvalue weighted by Crippen LogP contribution is -1.93. The summed E-state index contributed by atoms with van der Waals surface area (Å²) in [6.07, 6.45) is 3.84. The van der Waals surface area contributed by atoms with Gasteiger partial charge < -0.3 is 0 Å². The fraction of sp³-hybridized carbons (Fsp3) is 0.0476. The molecule has 2 heterocycles. The molecule has 44 heavy (non-hydrogen) atoms. The topological polar surface area (TPSA) is 25.8 Å². The third-order valence-electron chi connectivity index (χ3n) is 8.13. The monoisotopic (exact) mass is 564 g/mol. The molecular weight excluding hydrogens is 532 g/mol. The van der Waals surface area contributed by atoms with E-state index in [-0.39, 0.29) is 0 Å². The van der Waals surface area contributed by atoms with Crippen molar-refractivity contribution in [1.29, 1.82) is 0 Å². The maximum atomic E-state index is 4.64. The van der Waals surface area contributed by atoms with Crippen molar-refractivity contribution in [3.8, 4) is 67.0 Å². The Kier molecular flexibility index (Phi) is 7.40. The maximum absolute atomic E-state index is 4.64. The summed E-state index contributed by atoms with van der Waals surface area (Å²) in [4.78, 5) is 9.29. The Morgan fingerprint density at radius 1 is 0.318 bits per heavy atom. The van der Waals surface area contributed by atoms with E-state index in [9.17, 15) is 0 Å². The second-order valence-electron chi connectivity index (χ2n) is 11.3. The number of pyridine rings is 2. The zero-order chi connectivity index (χ0) is 29.9. The van der Waals surface area contributed by atoms with Crippen molar-refractivity contribution in [3.05, 3.63) is 169 Å². The van der Waals surface area contributed by atoms with Crippen LogP contribution >= 0.6 is 0 Å². The van der Waals surface area contributed by atoms with E-state index >= 15 is 0 Å². The van der Waals surface area contributed by atoms with Crippen LogP contribution in [0.5, 0.6) is 0 Å². The zero-order valence-corrected chi connectivity index (χ0v) is 24.9. The van der Waals surface area contributed by atoms with Crippen molar-refractivity contribution in [3.63, 3.8) is 0 Å². The second kappa shape index (κ2) is 11.9. The number of hydrogen-bond donors (Lipinski definition) is 0. The van der Waals surface area contributed by atoms with Gasteiger partial charge in [0.15, 0.2) is 0 Å². The molecule has 7 aromatic rings. The first kappa shape index (κ1) is 27.2. The van der Waals surface area contributed by atoms with Crippen LogP contribution in [-0.2, 0) is 0 Å². The molecule has 5 aromatic carbocycles. The fourth-order valence-electron chi connectivity index (χ4n) is 5.71. The third-order valence-corrected chi connectivity index (χ3v) is 8.13. The molecule has 0 aliphatic rings. The molecule has 2 aromatic heterocycles. The highest BCUT2D eigenvalue weighted by Crippen LogP contribution is 2.42. The SMILES string of the molecule is Cc1ccc(-c2ccc(-c3cc(-c4ccc(-c5ccc(C)cn5)cc4)c(-c4ccccc4)cc3-c3ccccc3)cc2)nc1. The molecule has 0 N–H and O–H groups in total. The van der Waals surface area contributed by atoms with Crippen LogP contribution < -0.4 is 0 Å². The van der Waals surface area contributed by atoms with Gasteiger partial charge in [0.2, 0.25) is 0 Å². The van der Waals surface area contributed by atoms with Crippen LogP contribution in [0.4, 0.5) is 0 Å². The van der Waals surface area contributed by atoms with Crippen molar-refractivity contribution in [2.75, 3.05) is 0 Å². The Morgan fingerprint density at radius 3 is 0.955 bits per heavy atom. The van der Waals surface area contributed by atoms with E-state index in [0.717, 1.165) is 33.6 Å². The van der Waals surface area contributed by atoms with Gasteiger partial charge in [-0.05, 0) is 93.7 Å². The van der Waals surface area contributed by atoms with Gasteiger partial charge in [-0.2, -0.15) is 0 Å². The summed E-state index contributed by atoms with van der Waals surface area (Å²) < 4.78 is 0. The molecule has 0 fully saturated rings. The van der Waals surface area contributed by atoms with Gasteiger partial charge in [0.05, 0.1) is 11.4 Å². The van der Waals surface area contributed by atoms with Gasteiger partial charge >= 0.3 is 0 Å². The van der Waals surface area contributed by atoms with Gasteiger partial charge in [0.25, 0.3) is 0 Å². The van der Waals surface area contributed by atoms with Crippen LogP contribution in [0, 0.1) is 13.8 Å². The molecule has 0 aliphatic heterocycles. The van der Waals surface area contributed by atoms with Gasteiger partial charge in [-0.1, -0.05) is 121 Å². The molecule has 0 radical (unpaired) electrons. The first-order valence-electron chi connectivity index (χ1n) is 15.0. The van der Waals surface area contributed by atoms with Crippen LogP contribution in [0.25, 0.3) is 67.0 Å². The lowest BCUT2D eigenvalue weighted by atomic mass is 9.85. The number of aryl methyl sites for hydroxylation is 2. The van der Waals surface area contributed by atoms with E-state index in [1.54, 1.807) is 0 Å². The highest BCUT2D eigenvalue weighted by atomic mass is 14.7. The molecule has 0 bridgehead atoms. The quantitative estimate of drug-likeness (QED) is 0.201. The van der Waals surface area contributed by atoms with Gasteiger partial charge in [0.1, 0.15) is 0 Å². The van der Waals surface area contributed by atoms with E-state index in [4.69, 9.17) is 0 Å². The predicted molar refractivity (Wildman–Crippen MR) is 184 cm³/mol. The van der Waals surface area contributed by atoms with Gasteiger partial charge in [-0.25, -0.2) is 0 Å². The van der Waals surface area contributed by atoms with Crippen molar-refractivity contribution in [1.82, 2.24) is 9.97 Å². The lowest BCUT2D eigenvalue weighted by molar-refractivity contribution is 1.27. The first-order valence-corrected chi connectivity index (χ1v) is 15.0. The zero-order valence-electron chi connectivity index (χ0n) is 24.9. The lowest BCUT2D eigenvalue weighted by Gasteiger charge is -2.19. The van der Waals surface area contributed by atoms with E-state index in [0.29, 0.717) is 0 Å². The van der Waals surface area contributed by atoms with Crippen LogP contribution in [-0.4, -0.2) is 9.97 Å². The predicted octanol–water partition coefficient (Wildman–Crippen LogP) is 11.1. The van der Waals surface area contributed by atoms with Gasteiger partial charge in [-0.3, -0.25) is 9.97 Å². The Bertz CT molecular complexity index is 1860. The molecule has 2 heteroatoms. The molecular formula is C42H32N2. The summed E-state index contributed by atoms with van der Waals surface area (Å²) in [6.45, 7) is 4.13. The third kappa shape index (κ3) is 5.58. The Hall–Kier alpha value is -5.60. The van der Waals surface area contributed by atoms with E-state index in [1.165, 1.54) is 44.5 Å². The fourth-order valence-corrected chi connectivity index (χ4v) is 5.71. The summed E-state index contributed by atoms with van der Waals surface area (Å²) in [7, 11) is 0. The van der Waals surface area contributed by atoms with E-state index in [2.05, 4.69) is 169 Å². The smallest absolute Gasteiger partial charge is 0.0702 e. The standard InChI is InChI=1S/C42H32N2/c1-29-13-23-41(43-27-29)35-19-15-33(16-20-35)39-26-40(34-17-21-36(22-18-34)42-24-14-30(2)28-44-42)38(32-11-7-4-8-12-32)25-37(39)31-9-5-3-6-10-31/h3-28H,1-2H3. The highest BCUT2D eigenvalue weighted by molar-refractivity contribution is 5.95. The molecule has 0 amide bonds. The second-order valence-corrected chi connectivity index (χ2v) is 11.3. The number of hydrogen-bond acceptors (Lipinski definition) is 2. The summed E-state index contributed by atoms with van der Waals surface area (Å²) in [5, 5.41) is 0. The van der Waals surface area contributed by atoms with E-state index in [1.807, 2.05) is 12.4 Å². The number of nitrogens with zero attached hydrogens (tertiary/aromatic N) is 2. The minimum absolute atomic E-state index is 0.980. The molecule has 0 saturated heterocycles. The molecule has 210 valence electrons. The van der Waals surface area contributed by atoms with Crippen LogP contribution in [0.15, 0.2) is 158 Å². The Morgan fingerprint density at radius 2 is 0.636 bits per heavy atom. The molecule has 0 spiro atoms. The minimum atomic E-state index is 0.980. The average molecular weight is 565 g/mol. The Labute approximate surface area is 259 Å². The van der Waals surface area contributed by atoms with Crippen LogP contribution in [0.3, 0.4) is 0 Å². The van der Waals surface area contributed by atoms with Gasteiger partial charge in [-0.15, -0.1) is 0 Å². The molecule has 0 atom stereocenters. The first-order chi connectivity index (χ1) is 21.6. The molecule has 7 rings (SSSR count). The Balaban J connectivity index is 1.40. The number of aromatic nitrogens is 2. The largest absolute Gasteiger partial charge is 0.256 e. The molecule has 0 saturated carbocycles. The molecule has 0 unspecified atom stereocenters. The highest BCUT2D eigenvalue weighted by Gasteiger charge is 2.16. The van der Waals surface area contributed by atoms with Gasteiger partial charge in [0, 0.05) is 23.5 Å². The number of rotatable bonds is 6. The number of benzene rings is 5. The maximum Gasteiger partial charge on any atom is 0.0702 e. The van der Waals surface area contributed by atoms with Crippen molar-refractivity contribution < 1.29 is 0 Å². The average Bonchev–Trinajstić information content (AvgIpc) is 3.09. The van der Waals surface area contributed by atoms with Crippen LogP contribution in [0.1, 0.15) is 11.1 Å². The van der Waals surface area contributed by atoms with Crippen molar-refractivity contribution in [2.24, 2.45) is 0 Å². The van der Waals surface area contributed by atoms with Crippen molar-refractivity contribution >= 4 is 0 Å². The van der Waals surface area contributed by atoms with Crippen LogP contribution in [0.2, 0.25) is 0 Å². The molecule has 0 aliphatic carbocycles.